The van der Waals surface area contributed by atoms with Gasteiger partial charge in [0.25, 0.3) is 5.91 Å². The second-order valence-corrected chi connectivity index (χ2v) is 7.08. The first kappa shape index (κ1) is 20.5. The molecule has 1 heterocycles. The number of carbonyl (C=O) groups excluding carboxylic acids is 1. The second-order valence-electron chi connectivity index (χ2n) is 7.08. The Kier molecular flexibility index (Phi) is 7.72. The molecule has 26 heavy (non-hydrogen) atoms. The molecule has 1 aliphatic heterocycles. The van der Waals surface area contributed by atoms with E-state index in [1.807, 2.05) is 6.92 Å². The van der Waals surface area contributed by atoms with Crippen molar-refractivity contribution < 1.29 is 19.4 Å². The predicted molar refractivity (Wildman–Crippen MR) is 102 cm³/mol. The molecule has 2 N–H and O–H groups in total. The lowest BCUT2D eigenvalue weighted by molar-refractivity contribution is 0.0817. The molecule has 1 atom stereocenters. The van der Waals surface area contributed by atoms with Crippen molar-refractivity contribution in [3.63, 3.8) is 0 Å². The number of likely N-dealkylation sites (tertiary alicyclic amines) is 1. The van der Waals surface area contributed by atoms with Gasteiger partial charge < -0.3 is 24.8 Å². The van der Waals surface area contributed by atoms with E-state index in [1.165, 1.54) is 0 Å². The van der Waals surface area contributed by atoms with Crippen molar-refractivity contribution in [3.8, 4) is 11.5 Å². The lowest BCUT2D eigenvalue weighted by atomic mass is 10.1. The zero-order valence-corrected chi connectivity index (χ0v) is 16.3. The van der Waals surface area contributed by atoms with Gasteiger partial charge in [0.15, 0.2) is 11.5 Å². The maximum atomic E-state index is 12.3. The fraction of sp³-hybridized carbons (Fsp3) is 0.650. The van der Waals surface area contributed by atoms with Crippen LogP contribution in [0.5, 0.6) is 11.5 Å². The van der Waals surface area contributed by atoms with E-state index in [-0.39, 0.29) is 18.6 Å². The predicted octanol–water partition coefficient (Wildman–Crippen LogP) is 2.45. The van der Waals surface area contributed by atoms with Crippen molar-refractivity contribution >= 4 is 5.91 Å². The molecule has 2 rings (SSSR count). The van der Waals surface area contributed by atoms with Gasteiger partial charge in [-0.25, -0.2) is 0 Å². The highest BCUT2D eigenvalue weighted by molar-refractivity contribution is 5.94. The van der Waals surface area contributed by atoms with Gasteiger partial charge in [-0.2, -0.15) is 0 Å². The molecule has 0 aromatic heterocycles. The van der Waals surface area contributed by atoms with Crippen LogP contribution >= 0.6 is 0 Å². The van der Waals surface area contributed by atoms with E-state index in [1.54, 1.807) is 25.3 Å². The number of hydrogen-bond acceptors (Lipinski definition) is 5. The molecule has 1 amide bonds. The Morgan fingerprint density at radius 2 is 2.00 bits per heavy atom. The average Bonchev–Trinajstić information content (AvgIpc) is 2.66. The number of hydrogen-bond donors (Lipinski definition) is 2. The summed E-state index contributed by atoms with van der Waals surface area (Å²) in [4.78, 5) is 14.7. The summed E-state index contributed by atoms with van der Waals surface area (Å²) in [5.41, 5.74) is 0.503. The summed E-state index contributed by atoms with van der Waals surface area (Å²) in [5.74, 6) is 1.00. The van der Waals surface area contributed by atoms with Crippen LogP contribution in [0.1, 0.15) is 50.4 Å². The van der Waals surface area contributed by atoms with Crippen molar-refractivity contribution in [3.05, 3.63) is 23.8 Å². The number of amides is 1. The summed E-state index contributed by atoms with van der Waals surface area (Å²) < 4.78 is 11.6. The third-order valence-electron chi connectivity index (χ3n) is 4.90. The monoisotopic (exact) mass is 364 g/mol. The molecule has 146 valence electrons. The van der Waals surface area contributed by atoms with Crippen molar-refractivity contribution in [2.75, 3.05) is 26.7 Å². The quantitative estimate of drug-likeness (QED) is 0.741. The second kappa shape index (κ2) is 9.78. The van der Waals surface area contributed by atoms with E-state index in [2.05, 4.69) is 24.1 Å². The van der Waals surface area contributed by atoms with Gasteiger partial charge in [0.1, 0.15) is 6.10 Å². The van der Waals surface area contributed by atoms with Gasteiger partial charge in [-0.1, -0.05) is 6.92 Å². The van der Waals surface area contributed by atoms with Crippen LogP contribution in [0, 0.1) is 0 Å². The highest BCUT2D eigenvalue weighted by Crippen LogP contribution is 2.31. The van der Waals surface area contributed by atoms with Crippen LogP contribution in [-0.4, -0.2) is 60.9 Å². The average molecular weight is 364 g/mol. The minimum atomic E-state index is -0.529. The highest BCUT2D eigenvalue weighted by atomic mass is 16.5. The Hall–Kier alpha value is -1.79. The number of ether oxygens (including phenoxy) is 2. The Balaban J connectivity index is 2.02. The summed E-state index contributed by atoms with van der Waals surface area (Å²) in [6.45, 7) is 8.56. The maximum Gasteiger partial charge on any atom is 0.251 e. The van der Waals surface area contributed by atoms with Gasteiger partial charge in [-0.3, -0.25) is 4.79 Å². The molecule has 1 aromatic rings. The van der Waals surface area contributed by atoms with Crippen LogP contribution in [0.2, 0.25) is 0 Å². The summed E-state index contributed by atoms with van der Waals surface area (Å²) >= 11 is 0. The van der Waals surface area contributed by atoms with Gasteiger partial charge in [0, 0.05) is 31.2 Å². The zero-order chi connectivity index (χ0) is 19.1. The molecule has 0 bridgehead atoms. The first-order chi connectivity index (χ1) is 12.4. The smallest absolute Gasteiger partial charge is 0.251 e. The standard InChI is InChI=1S/C20H32N2O4/c1-5-16(23)13-21-20(24)15-6-7-18(25-4)19(12-15)26-17-8-10-22(11-9-17)14(2)3/h6-7,12,14,16-17,23H,5,8-11,13H2,1-4H3,(H,21,24)/t16-/m1/s1. The molecule has 1 aliphatic rings. The van der Waals surface area contributed by atoms with Crippen molar-refractivity contribution in [2.24, 2.45) is 0 Å². The number of nitrogens with zero attached hydrogens (tertiary/aromatic N) is 1. The molecule has 0 spiro atoms. The van der Waals surface area contributed by atoms with Gasteiger partial charge in [-0.05, 0) is 51.3 Å². The Bertz CT molecular complexity index is 583. The van der Waals surface area contributed by atoms with Crippen LogP contribution < -0.4 is 14.8 Å². The first-order valence-electron chi connectivity index (χ1n) is 9.49. The number of piperidine rings is 1. The maximum absolute atomic E-state index is 12.3. The van der Waals surface area contributed by atoms with Gasteiger partial charge in [0.2, 0.25) is 0 Å². The fourth-order valence-corrected chi connectivity index (χ4v) is 3.06. The summed E-state index contributed by atoms with van der Waals surface area (Å²) in [5, 5.41) is 12.3. The lowest BCUT2D eigenvalue weighted by Gasteiger charge is -2.34. The van der Waals surface area contributed by atoms with E-state index in [4.69, 9.17) is 9.47 Å². The third-order valence-corrected chi connectivity index (χ3v) is 4.90. The molecule has 0 radical (unpaired) electrons. The molecule has 0 aliphatic carbocycles. The van der Waals surface area contributed by atoms with E-state index >= 15 is 0 Å². The van der Waals surface area contributed by atoms with E-state index in [0.29, 0.717) is 29.5 Å². The van der Waals surface area contributed by atoms with Gasteiger partial charge >= 0.3 is 0 Å². The van der Waals surface area contributed by atoms with Crippen LogP contribution in [0.4, 0.5) is 0 Å². The highest BCUT2D eigenvalue weighted by Gasteiger charge is 2.23. The zero-order valence-electron chi connectivity index (χ0n) is 16.3. The van der Waals surface area contributed by atoms with E-state index < -0.39 is 6.10 Å². The third kappa shape index (κ3) is 5.61. The normalized spacial score (nSPS) is 17.2. The minimum Gasteiger partial charge on any atom is -0.493 e. The molecular weight excluding hydrogens is 332 g/mol. The van der Waals surface area contributed by atoms with E-state index in [0.717, 1.165) is 25.9 Å². The summed E-state index contributed by atoms with van der Waals surface area (Å²) in [6, 6.07) is 5.74. The number of carbonyl (C=O) groups is 1. The van der Waals surface area contributed by atoms with Crippen LogP contribution in [0.3, 0.4) is 0 Å². The van der Waals surface area contributed by atoms with Crippen molar-refractivity contribution in [1.82, 2.24) is 10.2 Å². The van der Waals surface area contributed by atoms with Gasteiger partial charge in [-0.15, -0.1) is 0 Å². The van der Waals surface area contributed by atoms with Crippen molar-refractivity contribution in [2.45, 2.75) is 58.3 Å². The fourth-order valence-electron chi connectivity index (χ4n) is 3.06. The van der Waals surface area contributed by atoms with E-state index in [9.17, 15) is 9.90 Å². The molecule has 1 saturated heterocycles. The first-order valence-corrected chi connectivity index (χ1v) is 9.49. The number of aliphatic hydroxyl groups excluding tert-OH is 1. The SMILES string of the molecule is CC[C@@H](O)CNC(=O)c1ccc(OC)c(OC2CCN(C(C)C)CC2)c1. The largest absolute Gasteiger partial charge is 0.493 e. The van der Waals surface area contributed by atoms with Crippen LogP contribution in [0.15, 0.2) is 18.2 Å². The molecule has 0 unspecified atom stereocenters. The molecule has 1 aromatic carbocycles. The van der Waals surface area contributed by atoms with Gasteiger partial charge in [0.05, 0.1) is 13.2 Å². The number of benzene rings is 1. The van der Waals surface area contributed by atoms with Crippen LogP contribution in [-0.2, 0) is 0 Å². The Morgan fingerprint density at radius 1 is 1.31 bits per heavy atom. The summed E-state index contributed by atoms with van der Waals surface area (Å²) in [7, 11) is 1.60. The Morgan fingerprint density at radius 3 is 2.58 bits per heavy atom. The molecule has 1 fully saturated rings. The molecule has 6 heteroatoms. The van der Waals surface area contributed by atoms with Crippen LogP contribution in [0.25, 0.3) is 0 Å². The summed E-state index contributed by atoms with van der Waals surface area (Å²) in [6.07, 6.45) is 2.12. The lowest BCUT2D eigenvalue weighted by Crippen LogP contribution is -2.41. The molecular formula is C20H32N2O4. The van der Waals surface area contributed by atoms with Crippen molar-refractivity contribution in [1.29, 1.82) is 0 Å². The number of aliphatic hydroxyl groups is 1. The Labute approximate surface area is 156 Å². The molecule has 6 nitrogen and oxygen atoms in total. The number of rotatable bonds is 8. The minimum absolute atomic E-state index is 0.124. The molecule has 0 saturated carbocycles. The number of nitrogens with one attached hydrogen (secondary N) is 1. The number of methoxy groups -OCH3 is 1. The topological polar surface area (TPSA) is 71.0 Å².